The first-order chi connectivity index (χ1) is 8.61. The minimum Gasteiger partial charge on any atom is -0.378 e. The highest BCUT2D eigenvalue weighted by Gasteiger charge is 2.38. The van der Waals surface area contributed by atoms with Gasteiger partial charge in [-0.2, -0.15) is 0 Å². The van der Waals surface area contributed by atoms with Crippen LogP contribution >= 0.6 is 0 Å². The Morgan fingerprint density at radius 3 is 2.78 bits per heavy atom. The van der Waals surface area contributed by atoms with Crippen LogP contribution in [-0.4, -0.2) is 38.3 Å². The van der Waals surface area contributed by atoms with Crippen LogP contribution in [0.1, 0.15) is 39.5 Å². The maximum atomic E-state index is 12.0. The summed E-state index contributed by atoms with van der Waals surface area (Å²) in [7, 11) is 0. The average molecular weight is 254 g/mol. The first kappa shape index (κ1) is 13.8. The Balaban J connectivity index is 1.77. The first-order valence-corrected chi connectivity index (χ1v) is 7.20. The average Bonchev–Trinajstić information content (AvgIpc) is 2.32. The normalized spacial score (nSPS) is 26.7. The van der Waals surface area contributed by atoms with Gasteiger partial charge in [0.15, 0.2) is 0 Å². The van der Waals surface area contributed by atoms with Crippen LogP contribution in [0.15, 0.2) is 0 Å². The van der Waals surface area contributed by atoms with Crippen molar-refractivity contribution >= 4 is 5.91 Å². The highest BCUT2D eigenvalue weighted by Crippen LogP contribution is 2.45. The van der Waals surface area contributed by atoms with Crippen molar-refractivity contribution in [1.29, 1.82) is 0 Å². The Hall–Kier alpha value is -0.610. The zero-order valence-electron chi connectivity index (χ0n) is 11.6. The largest absolute Gasteiger partial charge is 0.378 e. The predicted molar refractivity (Wildman–Crippen MR) is 71.4 cm³/mol. The molecule has 2 fully saturated rings. The van der Waals surface area contributed by atoms with E-state index in [-0.39, 0.29) is 11.9 Å². The van der Waals surface area contributed by atoms with Gasteiger partial charge in [-0.25, -0.2) is 0 Å². The molecule has 2 rings (SSSR count). The number of nitrogens with one attached hydrogen (secondary N) is 2. The molecule has 4 heteroatoms. The summed E-state index contributed by atoms with van der Waals surface area (Å²) in [6, 6.07) is -0.157. The highest BCUT2D eigenvalue weighted by atomic mass is 16.5. The van der Waals surface area contributed by atoms with Gasteiger partial charge in [-0.15, -0.1) is 0 Å². The maximum Gasteiger partial charge on any atom is 0.239 e. The molecule has 2 N–H and O–H groups in total. The third-order valence-corrected chi connectivity index (χ3v) is 4.13. The van der Waals surface area contributed by atoms with E-state index in [0.29, 0.717) is 24.5 Å². The number of morpholine rings is 1. The van der Waals surface area contributed by atoms with Crippen LogP contribution in [0, 0.1) is 11.3 Å². The van der Waals surface area contributed by atoms with E-state index in [4.69, 9.17) is 4.74 Å². The molecule has 1 atom stereocenters. The third-order valence-electron chi connectivity index (χ3n) is 4.13. The van der Waals surface area contributed by atoms with Gasteiger partial charge in [0.2, 0.25) is 5.91 Å². The summed E-state index contributed by atoms with van der Waals surface area (Å²) in [5.74, 6) is 0.808. The molecule has 2 aliphatic rings. The fourth-order valence-corrected chi connectivity index (χ4v) is 3.13. The summed E-state index contributed by atoms with van der Waals surface area (Å²) in [5, 5.41) is 6.31. The van der Waals surface area contributed by atoms with Crippen LogP contribution in [0.25, 0.3) is 0 Å². The molecule has 0 spiro atoms. The molecule has 18 heavy (non-hydrogen) atoms. The van der Waals surface area contributed by atoms with Crippen LogP contribution in [-0.2, 0) is 9.53 Å². The number of ether oxygens (including phenoxy) is 1. The molecule has 1 unspecified atom stereocenters. The number of carbonyl (C=O) groups excluding carboxylic acids is 1. The first-order valence-electron chi connectivity index (χ1n) is 7.20. The maximum absolute atomic E-state index is 12.0. The molecule has 0 radical (unpaired) electrons. The summed E-state index contributed by atoms with van der Waals surface area (Å²) in [6.07, 6.45) is 5.06. The quantitative estimate of drug-likeness (QED) is 0.777. The van der Waals surface area contributed by atoms with Crippen LogP contribution in [0.3, 0.4) is 0 Å². The van der Waals surface area contributed by atoms with Crippen LogP contribution in [0.5, 0.6) is 0 Å². The van der Waals surface area contributed by atoms with Crippen molar-refractivity contribution in [2.75, 3.05) is 26.3 Å². The minimum absolute atomic E-state index is 0.102. The number of carbonyl (C=O) groups is 1. The second-order valence-corrected chi connectivity index (χ2v) is 6.25. The van der Waals surface area contributed by atoms with Crippen LogP contribution in [0.2, 0.25) is 0 Å². The SMILES string of the molecule is CC(C)CC1(CNC(=O)C2COCCN2)CCC1. The molecule has 1 heterocycles. The van der Waals surface area contributed by atoms with Gasteiger partial charge in [0, 0.05) is 13.1 Å². The molecule has 1 saturated carbocycles. The molecule has 1 aliphatic carbocycles. The van der Waals surface area contributed by atoms with Crippen molar-refractivity contribution in [2.24, 2.45) is 11.3 Å². The van der Waals surface area contributed by atoms with E-state index in [1.165, 1.54) is 25.7 Å². The Morgan fingerprint density at radius 1 is 1.50 bits per heavy atom. The summed E-state index contributed by atoms with van der Waals surface area (Å²) in [4.78, 5) is 12.0. The monoisotopic (exact) mass is 254 g/mol. The second kappa shape index (κ2) is 6.02. The van der Waals surface area contributed by atoms with Crippen molar-refractivity contribution in [2.45, 2.75) is 45.6 Å². The molecular formula is C14H26N2O2. The van der Waals surface area contributed by atoms with Gasteiger partial charge >= 0.3 is 0 Å². The zero-order chi connectivity index (χ0) is 13.0. The van der Waals surface area contributed by atoms with E-state index in [0.717, 1.165) is 13.1 Å². The van der Waals surface area contributed by atoms with E-state index in [1.54, 1.807) is 0 Å². The Kier molecular flexibility index (Phi) is 4.62. The van der Waals surface area contributed by atoms with Gasteiger partial charge in [0.1, 0.15) is 6.04 Å². The highest BCUT2D eigenvalue weighted by molar-refractivity contribution is 5.82. The molecule has 0 aromatic rings. The molecule has 104 valence electrons. The van der Waals surface area contributed by atoms with E-state index >= 15 is 0 Å². The number of amides is 1. The van der Waals surface area contributed by atoms with E-state index in [2.05, 4.69) is 24.5 Å². The number of rotatable bonds is 5. The molecule has 1 saturated heterocycles. The van der Waals surface area contributed by atoms with E-state index in [9.17, 15) is 4.79 Å². The summed E-state index contributed by atoms with van der Waals surface area (Å²) >= 11 is 0. The smallest absolute Gasteiger partial charge is 0.239 e. The van der Waals surface area contributed by atoms with Crippen molar-refractivity contribution in [3.05, 3.63) is 0 Å². The molecule has 1 amide bonds. The Bertz CT molecular complexity index is 282. The van der Waals surface area contributed by atoms with Gasteiger partial charge in [-0.05, 0) is 30.6 Å². The van der Waals surface area contributed by atoms with Gasteiger partial charge < -0.3 is 15.4 Å². The molecule has 1 aliphatic heterocycles. The van der Waals surface area contributed by atoms with E-state index < -0.39 is 0 Å². The zero-order valence-corrected chi connectivity index (χ0v) is 11.6. The molecule has 0 bridgehead atoms. The Labute approximate surface area is 110 Å². The van der Waals surface area contributed by atoms with Gasteiger partial charge in [0.05, 0.1) is 13.2 Å². The fourth-order valence-electron chi connectivity index (χ4n) is 3.13. The standard InChI is InChI=1S/C14H26N2O2/c1-11(2)8-14(4-3-5-14)10-16-13(17)12-9-18-7-6-15-12/h11-12,15H,3-10H2,1-2H3,(H,16,17). The second-order valence-electron chi connectivity index (χ2n) is 6.25. The third kappa shape index (κ3) is 3.45. The van der Waals surface area contributed by atoms with Gasteiger partial charge in [-0.1, -0.05) is 20.3 Å². The summed E-state index contributed by atoms with van der Waals surface area (Å²) in [5.41, 5.74) is 0.374. The van der Waals surface area contributed by atoms with Crippen LogP contribution in [0.4, 0.5) is 0 Å². The molecule has 0 aromatic heterocycles. The molecule has 0 aromatic carbocycles. The Morgan fingerprint density at radius 2 is 2.28 bits per heavy atom. The van der Waals surface area contributed by atoms with Crippen molar-refractivity contribution in [3.8, 4) is 0 Å². The van der Waals surface area contributed by atoms with Gasteiger partial charge in [0.25, 0.3) is 0 Å². The topological polar surface area (TPSA) is 50.4 Å². The summed E-state index contributed by atoms with van der Waals surface area (Å²) in [6.45, 7) is 7.35. The lowest BCUT2D eigenvalue weighted by molar-refractivity contribution is -0.126. The molecule has 4 nitrogen and oxygen atoms in total. The van der Waals surface area contributed by atoms with Crippen molar-refractivity contribution < 1.29 is 9.53 Å². The summed E-state index contributed by atoms with van der Waals surface area (Å²) < 4.78 is 5.32. The fraction of sp³-hybridized carbons (Fsp3) is 0.929. The number of hydrogen-bond acceptors (Lipinski definition) is 3. The number of hydrogen-bond donors (Lipinski definition) is 2. The lowest BCUT2D eigenvalue weighted by Crippen LogP contribution is -2.53. The van der Waals surface area contributed by atoms with E-state index in [1.807, 2.05) is 0 Å². The lowest BCUT2D eigenvalue weighted by Gasteiger charge is -2.43. The van der Waals surface area contributed by atoms with Crippen LogP contribution < -0.4 is 10.6 Å². The minimum atomic E-state index is -0.157. The van der Waals surface area contributed by atoms with Gasteiger partial charge in [-0.3, -0.25) is 4.79 Å². The van der Waals surface area contributed by atoms with Crippen molar-refractivity contribution in [1.82, 2.24) is 10.6 Å². The lowest BCUT2D eigenvalue weighted by atomic mass is 9.64. The predicted octanol–water partition coefficient (Wildman–Crippen LogP) is 1.31. The van der Waals surface area contributed by atoms with Crippen molar-refractivity contribution in [3.63, 3.8) is 0 Å². The molecular weight excluding hydrogens is 228 g/mol.